The molecule has 0 aliphatic carbocycles. The van der Waals surface area contributed by atoms with Crippen LogP contribution in [0.5, 0.6) is 0 Å². The van der Waals surface area contributed by atoms with Crippen molar-refractivity contribution in [2.45, 2.75) is 6.17 Å². The number of aromatic nitrogens is 4. The van der Waals surface area contributed by atoms with E-state index >= 15 is 0 Å². The Bertz CT molecular complexity index is 1240. The van der Waals surface area contributed by atoms with E-state index in [9.17, 15) is 4.79 Å². The van der Waals surface area contributed by atoms with Crippen molar-refractivity contribution in [2.75, 3.05) is 10.6 Å². The summed E-state index contributed by atoms with van der Waals surface area (Å²) in [5.74, 6) is -0.0317. The topological polar surface area (TPSA) is 110 Å². The van der Waals surface area contributed by atoms with Crippen molar-refractivity contribution in [1.29, 1.82) is 0 Å². The number of amides is 1. The summed E-state index contributed by atoms with van der Waals surface area (Å²) in [6, 6.07) is 19.1. The number of aliphatic imine (C=N–C) groups is 1. The van der Waals surface area contributed by atoms with Crippen molar-refractivity contribution in [2.24, 2.45) is 12.0 Å². The SMILES string of the molecule is Cn1nccc1-c1nnc(N[C@H]2N=C(c3ccccc3)c3ccccc3NC2=O)o1. The fourth-order valence-corrected chi connectivity index (χ4v) is 3.27. The van der Waals surface area contributed by atoms with Gasteiger partial charge in [0.05, 0.1) is 11.4 Å². The van der Waals surface area contributed by atoms with Crippen LogP contribution < -0.4 is 10.6 Å². The summed E-state index contributed by atoms with van der Waals surface area (Å²) in [6.07, 6.45) is 0.686. The summed E-state index contributed by atoms with van der Waals surface area (Å²) < 4.78 is 7.30. The van der Waals surface area contributed by atoms with E-state index in [4.69, 9.17) is 9.41 Å². The van der Waals surface area contributed by atoms with Gasteiger partial charge in [-0.3, -0.25) is 9.48 Å². The van der Waals surface area contributed by atoms with Gasteiger partial charge in [0.1, 0.15) is 5.69 Å². The fourth-order valence-electron chi connectivity index (χ4n) is 3.27. The monoisotopic (exact) mass is 399 g/mol. The molecule has 4 aromatic rings. The Labute approximate surface area is 171 Å². The lowest BCUT2D eigenvalue weighted by atomic mass is 10.0. The van der Waals surface area contributed by atoms with Crippen molar-refractivity contribution >= 4 is 23.3 Å². The molecule has 0 saturated heterocycles. The van der Waals surface area contributed by atoms with Gasteiger partial charge in [0.25, 0.3) is 11.8 Å². The molecule has 0 radical (unpaired) electrons. The van der Waals surface area contributed by atoms with Crippen LogP contribution in [0.15, 0.2) is 76.3 Å². The van der Waals surface area contributed by atoms with Crippen molar-refractivity contribution < 1.29 is 9.21 Å². The maximum atomic E-state index is 12.9. The van der Waals surface area contributed by atoms with Gasteiger partial charge < -0.3 is 15.1 Å². The number of carbonyl (C=O) groups is 1. The molecule has 1 aliphatic heterocycles. The van der Waals surface area contributed by atoms with Crippen LogP contribution in [0.1, 0.15) is 11.1 Å². The first-order valence-electron chi connectivity index (χ1n) is 9.31. The van der Waals surface area contributed by atoms with E-state index in [-0.39, 0.29) is 11.9 Å². The number of fused-ring (bicyclic) bond motifs is 1. The van der Waals surface area contributed by atoms with Crippen LogP contribution in [0.2, 0.25) is 0 Å². The van der Waals surface area contributed by atoms with Crippen molar-refractivity contribution in [3.8, 4) is 11.6 Å². The maximum absolute atomic E-state index is 12.9. The zero-order valence-electron chi connectivity index (χ0n) is 16.0. The van der Waals surface area contributed by atoms with E-state index in [0.717, 1.165) is 11.1 Å². The van der Waals surface area contributed by atoms with Gasteiger partial charge in [-0.25, -0.2) is 4.99 Å². The number of carbonyl (C=O) groups excluding carboxylic acids is 1. The molecule has 2 N–H and O–H groups in total. The van der Waals surface area contributed by atoms with Crippen LogP contribution in [0, 0.1) is 0 Å². The summed E-state index contributed by atoms with van der Waals surface area (Å²) in [4.78, 5) is 17.6. The molecule has 1 amide bonds. The molecule has 2 aromatic carbocycles. The summed E-state index contributed by atoms with van der Waals surface area (Å²) in [5.41, 5.74) is 3.78. The molecule has 1 aliphatic rings. The number of para-hydroxylation sites is 1. The minimum atomic E-state index is -0.951. The molecule has 148 valence electrons. The molecular weight excluding hydrogens is 382 g/mol. The molecule has 3 heterocycles. The minimum Gasteiger partial charge on any atom is -0.402 e. The van der Waals surface area contributed by atoms with E-state index < -0.39 is 6.17 Å². The molecule has 30 heavy (non-hydrogen) atoms. The van der Waals surface area contributed by atoms with Crippen molar-refractivity contribution in [3.63, 3.8) is 0 Å². The molecule has 9 nitrogen and oxygen atoms in total. The van der Waals surface area contributed by atoms with Crippen molar-refractivity contribution in [3.05, 3.63) is 78.0 Å². The van der Waals surface area contributed by atoms with Crippen LogP contribution in [0.3, 0.4) is 0 Å². The molecule has 0 bridgehead atoms. The second-order valence-corrected chi connectivity index (χ2v) is 6.68. The third-order valence-electron chi connectivity index (χ3n) is 4.72. The highest BCUT2D eigenvalue weighted by Gasteiger charge is 2.27. The number of aryl methyl sites for hydroxylation is 1. The second kappa shape index (κ2) is 7.28. The summed E-state index contributed by atoms with van der Waals surface area (Å²) in [5, 5.41) is 18.0. The first kappa shape index (κ1) is 17.8. The van der Waals surface area contributed by atoms with Crippen LogP contribution in [-0.4, -0.2) is 37.8 Å². The predicted octanol–water partition coefficient (Wildman–Crippen LogP) is 2.70. The predicted molar refractivity (Wildman–Crippen MR) is 111 cm³/mol. The number of anilines is 2. The Morgan fingerprint density at radius 3 is 2.63 bits per heavy atom. The summed E-state index contributed by atoms with van der Waals surface area (Å²) in [7, 11) is 1.78. The lowest BCUT2D eigenvalue weighted by molar-refractivity contribution is -0.116. The number of nitrogens with one attached hydrogen (secondary N) is 2. The Balaban J connectivity index is 1.52. The average molecular weight is 399 g/mol. The molecular formula is C21H17N7O2. The summed E-state index contributed by atoms with van der Waals surface area (Å²) in [6.45, 7) is 0. The Morgan fingerprint density at radius 2 is 1.83 bits per heavy atom. The molecule has 2 aromatic heterocycles. The molecule has 5 rings (SSSR count). The maximum Gasteiger partial charge on any atom is 0.317 e. The van der Waals surface area contributed by atoms with Crippen molar-refractivity contribution in [1.82, 2.24) is 20.0 Å². The standard InChI is InChI=1S/C21H17N7O2/c1-28-16(11-12-22-28)20-26-27-21(30-20)25-18-19(29)23-15-10-6-5-9-14(15)17(24-18)13-7-3-2-4-8-13/h2-12,18H,1H3,(H,23,29)(H,25,27)/t18-/m1/s1. The molecule has 0 saturated carbocycles. The van der Waals surface area contributed by atoms with Crippen LogP contribution in [0.4, 0.5) is 11.7 Å². The normalized spacial score (nSPS) is 15.7. The highest BCUT2D eigenvalue weighted by Crippen LogP contribution is 2.25. The van der Waals surface area contributed by atoms with Gasteiger partial charge in [0.2, 0.25) is 6.17 Å². The van der Waals surface area contributed by atoms with E-state index in [1.165, 1.54) is 0 Å². The van der Waals surface area contributed by atoms with Gasteiger partial charge in [-0.1, -0.05) is 53.6 Å². The van der Waals surface area contributed by atoms with Crippen LogP contribution >= 0.6 is 0 Å². The third-order valence-corrected chi connectivity index (χ3v) is 4.72. The highest BCUT2D eigenvalue weighted by atomic mass is 16.4. The highest BCUT2D eigenvalue weighted by molar-refractivity contribution is 6.19. The van der Waals surface area contributed by atoms with E-state index in [2.05, 4.69) is 25.9 Å². The van der Waals surface area contributed by atoms with E-state index in [0.29, 0.717) is 23.0 Å². The number of benzene rings is 2. The van der Waals surface area contributed by atoms with Crippen LogP contribution in [-0.2, 0) is 11.8 Å². The fraction of sp³-hybridized carbons (Fsp3) is 0.0952. The average Bonchev–Trinajstić information content (AvgIpc) is 3.37. The molecule has 1 atom stereocenters. The van der Waals surface area contributed by atoms with E-state index in [1.54, 1.807) is 24.0 Å². The Morgan fingerprint density at radius 1 is 1.03 bits per heavy atom. The van der Waals surface area contributed by atoms with Gasteiger partial charge in [-0.15, -0.1) is 5.10 Å². The number of nitrogens with zero attached hydrogens (tertiary/aromatic N) is 5. The van der Waals surface area contributed by atoms with Gasteiger partial charge in [0, 0.05) is 24.4 Å². The third kappa shape index (κ3) is 3.22. The zero-order valence-corrected chi connectivity index (χ0v) is 16.0. The Kier molecular flexibility index (Phi) is 4.32. The lowest BCUT2D eigenvalue weighted by Gasteiger charge is -2.11. The zero-order chi connectivity index (χ0) is 20.5. The lowest BCUT2D eigenvalue weighted by Crippen LogP contribution is -2.32. The van der Waals surface area contributed by atoms with Gasteiger partial charge >= 0.3 is 6.01 Å². The number of benzodiazepines with no additional fused rings is 1. The molecule has 9 heteroatoms. The van der Waals surface area contributed by atoms with E-state index in [1.807, 2.05) is 54.6 Å². The smallest absolute Gasteiger partial charge is 0.317 e. The van der Waals surface area contributed by atoms with Gasteiger partial charge in [-0.05, 0) is 12.1 Å². The molecule has 0 spiro atoms. The molecule has 0 unspecified atom stereocenters. The van der Waals surface area contributed by atoms with Gasteiger partial charge in [-0.2, -0.15) is 5.10 Å². The largest absolute Gasteiger partial charge is 0.402 e. The summed E-state index contributed by atoms with van der Waals surface area (Å²) >= 11 is 0. The first-order chi connectivity index (χ1) is 14.7. The second-order valence-electron chi connectivity index (χ2n) is 6.68. The first-order valence-corrected chi connectivity index (χ1v) is 9.31. The quantitative estimate of drug-likeness (QED) is 0.546. The molecule has 0 fully saturated rings. The number of hydrogen-bond donors (Lipinski definition) is 2. The Hall–Kier alpha value is -4.27. The number of hydrogen-bond acceptors (Lipinski definition) is 7. The van der Waals surface area contributed by atoms with Gasteiger partial charge in [0.15, 0.2) is 0 Å². The number of rotatable bonds is 4. The van der Waals surface area contributed by atoms with Crippen LogP contribution in [0.25, 0.3) is 11.6 Å². The minimum absolute atomic E-state index is 0.0912.